The van der Waals surface area contributed by atoms with Crippen LogP contribution in [0.3, 0.4) is 0 Å². The van der Waals surface area contributed by atoms with Gasteiger partial charge in [-0.05, 0) is 18.4 Å². The lowest BCUT2D eigenvalue weighted by Gasteiger charge is -2.24. The normalized spacial score (nSPS) is 18.8. The third kappa shape index (κ3) is 4.19. The van der Waals surface area contributed by atoms with E-state index in [0.29, 0.717) is 6.54 Å². The highest BCUT2D eigenvalue weighted by molar-refractivity contribution is 5.88. The smallest absolute Gasteiger partial charge is 0.242 e. The molecule has 0 aromatic heterocycles. The monoisotopic (exact) mass is 311 g/mol. The van der Waals surface area contributed by atoms with Crippen LogP contribution in [0.4, 0.5) is 0 Å². The van der Waals surface area contributed by atoms with Crippen LogP contribution in [0.25, 0.3) is 0 Å². The number of nitrogens with two attached hydrogens (primary N) is 1. The molecule has 2 amide bonds. The molecule has 0 spiro atoms. The molecule has 0 saturated carbocycles. The lowest BCUT2D eigenvalue weighted by atomic mass is 10.0. The van der Waals surface area contributed by atoms with Crippen LogP contribution in [0.5, 0.6) is 0 Å². The van der Waals surface area contributed by atoms with E-state index in [1.807, 2.05) is 30.3 Å². The first kappa shape index (κ1) is 17.5. The van der Waals surface area contributed by atoms with Crippen molar-refractivity contribution in [3.05, 3.63) is 35.9 Å². The number of amides is 2. The molecule has 6 heteroatoms. The average Bonchev–Trinajstić information content (AvgIpc) is 2.96. The third-order valence-corrected chi connectivity index (χ3v) is 3.74. The SMILES string of the molecule is CNC(=O)C1CCCN1C(=O)CC(N)c1ccccc1.Cl. The molecule has 5 nitrogen and oxygen atoms in total. The van der Waals surface area contributed by atoms with Gasteiger partial charge in [0.25, 0.3) is 0 Å². The van der Waals surface area contributed by atoms with Crippen LogP contribution in [0.1, 0.15) is 30.9 Å². The fourth-order valence-corrected chi connectivity index (χ4v) is 2.63. The van der Waals surface area contributed by atoms with E-state index >= 15 is 0 Å². The number of benzene rings is 1. The van der Waals surface area contributed by atoms with Gasteiger partial charge >= 0.3 is 0 Å². The molecule has 1 fully saturated rings. The van der Waals surface area contributed by atoms with Crippen molar-refractivity contribution >= 4 is 24.2 Å². The number of rotatable bonds is 4. The molecular weight excluding hydrogens is 290 g/mol. The summed E-state index contributed by atoms with van der Waals surface area (Å²) in [6.07, 6.45) is 1.83. The Hall–Kier alpha value is -1.59. The van der Waals surface area contributed by atoms with Crippen LogP contribution in [0, 0.1) is 0 Å². The first-order valence-corrected chi connectivity index (χ1v) is 6.95. The van der Waals surface area contributed by atoms with Crippen LogP contribution in [-0.2, 0) is 9.59 Å². The van der Waals surface area contributed by atoms with E-state index in [-0.39, 0.29) is 42.7 Å². The van der Waals surface area contributed by atoms with Gasteiger partial charge in [-0.2, -0.15) is 0 Å². The van der Waals surface area contributed by atoms with Crippen molar-refractivity contribution in [3.63, 3.8) is 0 Å². The maximum Gasteiger partial charge on any atom is 0.242 e. The first-order chi connectivity index (χ1) is 9.63. The highest BCUT2D eigenvalue weighted by Gasteiger charge is 2.33. The van der Waals surface area contributed by atoms with Gasteiger partial charge in [0.1, 0.15) is 6.04 Å². The largest absolute Gasteiger partial charge is 0.357 e. The van der Waals surface area contributed by atoms with Gasteiger partial charge in [0.05, 0.1) is 0 Å². The van der Waals surface area contributed by atoms with Crippen molar-refractivity contribution in [2.24, 2.45) is 5.73 Å². The van der Waals surface area contributed by atoms with Crippen molar-refractivity contribution < 1.29 is 9.59 Å². The van der Waals surface area contributed by atoms with Gasteiger partial charge in [0, 0.05) is 26.1 Å². The molecular formula is C15H22ClN3O2. The van der Waals surface area contributed by atoms with Gasteiger partial charge in [0.2, 0.25) is 11.8 Å². The Morgan fingerprint density at radius 2 is 2.05 bits per heavy atom. The molecule has 1 aromatic carbocycles. The van der Waals surface area contributed by atoms with Gasteiger partial charge in [-0.3, -0.25) is 9.59 Å². The number of hydrogen-bond donors (Lipinski definition) is 2. The molecule has 1 heterocycles. The van der Waals surface area contributed by atoms with Crippen molar-refractivity contribution in [2.45, 2.75) is 31.3 Å². The number of carbonyl (C=O) groups is 2. The van der Waals surface area contributed by atoms with E-state index in [0.717, 1.165) is 18.4 Å². The minimum atomic E-state index is -0.338. The molecule has 0 bridgehead atoms. The van der Waals surface area contributed by atoms with E-state index in [1.54, 1.807) is 11.9 Å². The standard InChI is InChI=1S/C15H21N3O2.ClH/c1-17-15(20)13-8-5-9-18(13)14(19)10-12(16)11-6-3-2-4-7-11;/h2-4,6-7,12-13H,5,8-10,16H2,1H3,(H,17,20);1H. The lowest BCUT2D eigenvalue weighted by Crippen LogP contribution is -2.45. The second-order valence-corrected chi connectivity index (χ2v) is 5.08. The van der Waals surface area contributed by atoms with Crippen LogP contribution in [0.15, 0.2) is 30.3 Å². The Balaban J connectivity index is 0.00000220. The van der Waals surface area contributed by atoms with Gasteiger partial charge in [-0.1, -0.05) is 30.3 Å². The summed E-state index contributed by atoms with van der Waals surface area (Å²) in [6, 6.07) is 8.90. The summed E-state index contributed by atoms with van der Waals surface area (Å²) in [6.45, 7) is 0.637. The second-order valence-electron chi connectivity index (χ2n) is 5.08. The summed E-state index contributed by atoms with van der Waals surface area (Å²) in [7, 11) is 1.60. The number of likely N-dealkylation sites (N-methyl/N-ethyl adjacent to an activating group) is 1. The van der Waals surface area contributed by atoms with Crippen molar-refractivity contribution in [3.8, 4) is 0 Å². The molecule has 0 radical (unpaired) electrons. The summed E-state index contributed by atoms with van der Waals surface area (Å²) >= 11 is 0. The quantitative estimate of drug-likeness (QED) is 0.878. The Morgan fingerprint density at radius 1 is 1.38 bits per heavy atom. The molecule has 1 aliphatic heterocycles. The number of hydrogen-bond acceptors (Lipinski definition) is 3. The van der Waals surface area contributed by atoms with Gasteiger partial charge in [-0.25, -0.2) is 0 Å². The fraction of sp³-hybridized carbons (Fsp3) is 0.467. The van der Waals surface area contributed by atoms with E-state index in [4.69, 9.17) is 5.73 Å². The number of carbonyl (C=O) groups excluding carboxylic acids is 2. The molecule has 1 aromatic rings. The molecule has 1 saturated heterocycles. The topological polar surface area (TPSA) is 75.4 Å². The summed E-state index contributed by atoms with van der Waals surface area (Å²) in [4.78, 5) is 25.7. The molecule has 2 unspecified atom stereocenters. The summed E-state index contributed by atoms with van der Waals surface area (Å²) < 4.78 is 0. The van der Waals surface area contributed by atoms with Crippen LogP contribution < -0.4 is 11.1 Å². The average molecular weight is 312 g/mol. The zero-order valence-corrected chi connectivity index (χ0v) is 12.9. The summed E-state index contributed by atoms with van der Waals surface area (Å²) in [5, 5.41) is 2.61. The van der Waals surface area contributed by atoms with Crippen LogP contribution in [0.2, 0.25) is 0 Å². The molecule has 0 aliphatic carbocycles. The number of nitrogens with one attached hydrogen (secondary N) is 1. The Bertz CT molecular complexity index is 481. The molecule has 21 heavy (non-hydrogen) atoms. The van der Waals surface area contributed by atoms with Crippen molar-refractivity contribution in [1.29, 1.82) is 0 Å². The number of likely N-dealkylation sites (tertiary alicyclic amines) is 1. The third-order valence-electron chi connectivity index (χ3n) is 3.74. The minimum Gasteiger partial charge on any atom is -0.357 e. The maximum atomic E-state index is 12.3. The second kappa shape index (κ2) is 8.00. The summed E-state index contributed by atoms with van der Waals surface area (Å²) in [5.41, 5.74) is 7.01. The Kier molecular flexibility index (Phi) is 6.65. The van der Waals surface area contributed by atoms with Crippen molar-refractivity contribution in [1.82, 2.24) is 10.2 Å². The molecule has 2 atom stereocenters. The van der Waals surface area contributed by atoms with E-state index < -0.39 is 0 Å². The zero-order valence-electron chi connectivity index (χ0n) is 12.1. The van der Waals surface area contributed by atoms with Crippen LogP contribution in [-0.4, -0.2) is 36.3 Å². The molecule has 1 aliphatic rings. The minimum absolute atomic E-state index is 0. The molecule has 3 N–H and O–H groups in total. The summed E-state index contributed by atoms with van der Waals surface area (Å²) in [5.74, 6) is -0.142. The highest BCUT2D eigenvalue weighted by atomic mass is 35.5. The molecule has 116 valence electrons. The van der Waals surface area contributed by atoms with E-state index in [2.05, 4.69) is 5.32 Å². The van der Waals surface area contributed by atoms with E-state index in [9.17, 15) is 9.59 Å². The number of nitrogens with zero attached hydrogens (tertiary/aromatic N) is 1. The fourth-order valence-electron chi connectivity index (χ4n) is 2.63. The van der Waals surface area contributed by atoms with E-state index in [1.165, 1.54) is 0 Å². The predicted molar refractivity (Wildman–Crippen MR) is 84.0 cm³/mol. The first-order valence-electron chi connectivity index (χ1n) is 6.95. The maximum absolute atomic E-state index is 12.3. The van der Waals surface area contributed by atoms with Crippen LogP contribution >= 0.6 is 12.4 Å². The van der Waals surface area contributed by atoms with Crippen molar-refractivity contribution in [2.75, 3.05) is 13.6 Å². The Labute approximate surface area is 131 Å². The molecule has 2 rings (SSSR count). The lowest BCUT2D eigenvalue weighted by molar-refractivity contribution is -0.138. The predicted octanol–water partition coefficient (Wildman–Crippen LogP) is 1.24. The highest BCUT2D eigenvalue weighted by Crippen LogP contribution is 2.21. The number of halogens is 1. The zero-order chi connectivity index (χ0) is 14.5. The van der Waals surface area contributed by atoms with Gasteiger partial charge in [0.15, 0.2) is 0 Å². The van der Waals surface area contributed by atoms with Gasteiger partial charge < -0.3 is 16.0 Å². The Morgan fingerprint density at radius 3 is 2.67 bits per heavy atom. The van der Waals surface area contributed by atoms with Gasteiger partial charge in [-0.15, -0.1) is 12.4 Å².